The van der Waals surface area contributed by atoms with Crippen molar-refractivity contribution in [2.75, 3.05) is 0 Å². The Kier molecular flexibility index (Phi) is 6.30. The molecule has 0 radical (unpaired) electrons. The first-order valence-corrected chi connectivity index (χ1v) is 16.0. The SMILES string of the molecule is C[Si](C)(C)c1cc(-c2ccccc2)ccc1S(=O)(=O)NC1CCCc2c1cnn2CC(=O)O. The summed E-state index contributed by atoms with van der Waals surface area (Å²) in [7, 11) is -5.80. The largest absolute Gasteiger partial charge is 0.480 e. The van der Waals surface area contributed by atoms with Crippen molar-refractivity contribution < 1.29 is 18.3 Å². The van der Waals surface area contributed by atoms with Crippen LogP contribution in [0, 0.1) is 0 Å². The zero-order valence-electron chi connectivity index (χ0n) is 19.1. The standard InChI is InChI=1S/C24H29N3O4SSi/c1-33(2,3)23-14-18(17-8-5-4-6-9-17)12-13-22(23)32(30,31)26-20-10-7-11-21-19(20)15-25-27(21)16-24(28)29/h4-6,8-9,12-15,20,26H,7,10-11,16H2,1-3H3,(H,28,29). The second-order valence-electron chi connectivity index (χ2n) is 9.49. The number of nitrogens with zero attached hydrogens (tertiary/aromatic N) is 2. The fourth-order valence-corrected chi connectivity index (χ4v) is 8.49. The van der Waals surface area contributed by atoms with Crippen LogP contribution in [0.2, 0.25) is 19.6 Å². The minimum atomic E-state index is -3.80. The second kappa shape index (κ2) is 8.89. The molecule has 3 aromatic rings. The van der Waals surface area contributed by atoms with Gasteiger partial charge in [-0.25, -0.2) is 13.1 Å². The van der Waals surface area contributed by atoms with Crippen molar-refractivity contribution in [1.82, 2.24) is 14.5 Å². The highest BCUT2D eigenvalue weighted by atomic mass is 32.2. The number of hydrogen-bond acceptors (Lipinski definition) is 4. The normalized spacial score (nSPS) is 16.4. The number of aromatic nitrogens is 2. The molecular formula is C24H29N3O4SSi. The molecule has 2 aromatic carbocycles. The van der Waals surface area contributed by atoms with E-state index in [1.54, 1.807) is 12.3 Å². The number of fused-ring (bicyclic) bond motifs is 1. The van der Waals surface area contributed by atoms with Crippen LogP contribution in [0.3, 0.4) is 0 Å². The van der Waals surface area contributed by atoms with E-state index in [-0.39, 0.29) is 6.54 Å². The van der Waals surface area contributed by atoms with Crippen molar-refractivity contribution >= 4 is 29.3 Å². The van der Waals surface area contributed by atoms with Gasteiger partial charge in [0.05, 0.1) is 25.2 Å². The number of nitrogens with one attached hydrogen (secondary N) is 1. The van der Waals surface area contributed by atoms with Crippen LogP contribution in [0.1, 0.15) is 30.1 Å². The molecular weight excluding hydrogens is 454 g/mol. The van der Waals surface area contributed by atoms with E-state index < -0.39 is 30.1 Å². The first kappa shape index (κ1) is 23.4. The van der Waals surface area contributed by atoms with E-state index in [1.165, 1.54) is 4.68 Å². The van der Waals surface area contributed by atoms with Crippen LogP contribution in [0.15, 0.2) is 59.6 Å². The number of carboxylic acids is 1. The summed E-state index contributed by atoms with van der Waals surface area (Å²) >= 11 is 0. The van der Waals surface area contributed by atoms with Gasteiger partial charge in [0.25, 0.3) is 0 Å². The summed E-state index contributed by atoms with van der Waals surface area (Å²) in [5, 5.41) is 14.2. The monoisotopic (exact) mass is 483 g/mol. The van der Waals surface area contributed by atoms with Gasteiger partial charge in [0.2, 0.25) is 10.0 Å². The summed E-state index contributed by atoms with van der Waals surface area (Å²) in [6.45, 7) is 6.20. The Morgan fingerprint density at radius 1 is 1.15 bits per heavy atom. The van der Waals surface area contributed by atoms with Crippen LogP contribution in [0.25, 0.3) is 11.1 Å². The van der Waals surface area contributed by atoms with E-state index in [9.17, 15) is 13.2 Å². The third-order valence-electron chi connectivity index (χ3n) is 6.03. The molecule has 0 aliphatic heterocycles. The predicted molar refractivity (Wildman–Crippen MR) is 131 cm³/mol. The molecule has 2 N–H and O–H groups in total. The summed E-state index contributed by atoms with van der Waals surface area (Å²) in [5.41, 5.74) is 3.61. The van der Waals surface area contributed by atoms with Crippen LogP contribution in [0.5, 0.6) is 0 Å². The lowest BCUT2D eigenvalue weighted by Gasteiger charge is -2.26. The molecule has 1 aromatic heterocycles. The first-order chi connectivity index (χ1) is 15.6. The van der Waals surface area contributed by atoms with Crippen LogP contribution in [-0.4, -0.2) is 37.3 Å². The highest BCUT2D eigenvalue weighted by Gasteiger charge is 2.32. The van der Waals surface area contributed by atoms with Gasteiger partial charge in [0, 0.05) is 11.3 Å². The van der Waals surface area contributed by atoms with Gasteiger partial charge in [0.15, 0.2) is 0 Å². The number of aliphatic carboxylic acids is 1. The van der Waals surface area contributed by atoms with Crippen molar-refractivity contribution in [2.24, 2.45) is 0 Å². The van der Waals surface area contributed by atoms with Crippen LogP contribution in [0.4, 0.5) is 0 Å². The van der Waals surface area contributed by atoms with E-state index in [0.717, 1.165) is 34.0 Å². The molecule has 174 valence electrons. The average molecular weight is 484 g/mol. The molecule has 1 aliphatic rings. The van der Waals surface area contributed by atoms with Crippen LogP contribution >= 0.6 is 0 Å². The van der Waals surface area contributed by atoms with Crippen molar-refractivity contribution in [2.45, 2.75) is 56.4 Å². The number of carbonyl (C=O) groups is 1. The highest BCUT2D eigenvalue weighted by molar-refractivity contribution is 7.89. The first-order valence-electron chi connectivity index (χ1n) is 11.0. The number of rotatable bonds is 7. The molecule has 0 bridgehead atoms. The van der Waals surface area contributed by atoms with E-state index in [4.69, 9.17) is 5.11 Å². The Hall–Kier alpha value is -2.75. The van der Waals surface area contributed by atoms with Gasteiger partial charge >= 0.3 is 5.97 Å². The molecule has 1 aliphatic carbocycles. The topological polar surface area (TPSA) is 101 Å². The number of hydrogen-bond donors (Lipinski definition) is 2. The molecule has 1 unspecified atom stereocenters. The van der Waals surface area contributed by atoms with Crippen molar-refractivity contribution in [3.63, 3.8) is 0 Å². The maximum atomic E-state index is 13.6. The molecule has 0 fully saturated rings. The van der Waals surface area contributed by atoms with Crippen molar-refractivity contribution in [1.29, 1.82) is 0 Å². The minimum absolute atomic E-state index is 0.227. The summed E-state index contributed by atoms with van der Waals surface area (Å²) in [4.78, 5) is 11.5. The summed E-state index contributed by atoms with van der Waals surface area (Å²) in [6, 6.07) is 15.1. The van der Waals surface area contributed by atoms with E-state index in [1.807, 2.05) is 42.5 Å². The van der Waals surface area contributed by atoms with Gasteiger partial charge in [-0.3, -0.25) is 9.48 Å². The van der Waals surface area contributed by atoms with Gasteiger partial charge < -0.3 is 5.11 Å². The number of sulfonamides is 1. The summed E-state index contributed by atoms with van der Waals surface area (Å²) in [5.74, 6) is -0.970. The molecule has 1 heterocycles. The fourth-order valence-electron chi connectivity index (χ4n) is 4.42. The molecule has 4 rings (SSSR count). The zero-order chi connectivity index (χ0) is 23.8. The number of benzene rings is 2. The van der Waals surface area contributed by atoms with Gasteiger partial charge in [-0.1, -0.05) is 62.1 Å². The van der Waals surface area contributed by atoms with Crippen LogP contribution < -0.4 is 9.91 Å². The van der Waals surface area contributed by atoms with Gasteiger partial charge in [-0.2, -0.15) is 5.10 Å². The van der Waals surface area contributed by atoms with E-state index in [0.29, 0.717) is 17.7 Å². The fraction of sp³-hybridized carbons (Fsp3) is 0.333. The van der Waals surface area contributed by atoms with Crippen molar-refractivity contribution in [3.8, 4) is 11.1 Å². The predicted octanol–water partition coefficient (Wildman–Crippen LogP) is 3.54. The molecule has 0 amide bonds. The zero-order valence-corrected chi connectivity index (χ0v) is 20.9. The molecule has 33 heavy (non-hydrogen) atoms. The molecule has 9 heteroatoms. The Labute approximate surface area is 195 Å². The Balaban J connectivity index is 1.70. The second-order valence-corrected chi connectivity index (χ2v) is 16.2. The highest BCUT2D eigenvalue weighted by Crippen LogP contribution is 2.31. The quantitative estimate of drug-likeness (QED) is 0.501. The minimum Gasteiger partial charge on any atom is -0.480 e. The maximum Gasteiger partial charge on any atom is 0.325 e. The lowest BCUT2D eigenvalue weighted by molar-refractivity contribution is -0.137. The maximum absolute atomic E-state index is 13.6. The average Bonchev–Trinajstić information content (AvgIpc) is 3.16. The number of carboxylic acid groups (broad SMARTS) is 1. The molecule has 7 nitrogen and oxygen atoms in total. The third kappa shape index (κ3) is 4.95. The Morgan fingerprint density at radius 2 is 1.88 bits per heavy atom. The molecule has 0 spiro atoms. The molecule has 0 saturated carbocycles. The Bertz CT molecular complexity index is 1280. The molecule has 0 saturated heterocycles. The third-order valence-corrected chi connectivity index (χ3v) is 9.77. The lowest BCUT2D eigenvalue weighted by Crippen LogP contribution is -2.43. The van der Waals surface area contributed by atoms with Gasteiger partial charge in [-0.15, -0.1) is 0 Å². The summed E-state index contributed by atoms with van der Waals surface area (Å²) in [6.07, 6.45) is 3.70. The van der Waals surface area contributed by atoms with Gasteiger partial charge in [-0.05, 0) is 41.6 Å². The smallest absolute Gasteiger partial charge is 0.325 e. The van der Waals surface area contributed by atoms with E-state index in [2.05, 4.69) is 29.5 Å². The Morgan fingerprint density at radius 3 is 2.55 bits per heavy atom. The van der Waals surface area contributed by atoms with Gasteiger partial charge in [0.1, 0.15) is 6.54 Å². The van der Waals surface area contributed by atoms with Crippen molar-refractivity contribution in [3.05, 3.63) is 66.0 Å². The molecule has 1 atom stereocenters. The summed E-state index contributed by atoms with van der Waals surface area (Å²) < 4.78 is 31.6. The lowest BCUT2D eigenvalue weighted by atomic mass is 9.94. The van der Waals surface area contributed by atoms with E-state index >= 15 is 0 Å². The van der Waals surface area contributed by atoms with Crippen LogP contribution in [-0.2, 0) is 27.8 Å².